The molecule has 4 nitrogen and oxygen atoms in total. The minimum Gasteiger partial charge on any atom is -0.478 e. The molecular formula is C15H17BrO4S. The van der Waals surface area contributed by atoms with E-state index in [1.807, 2.05) is 0 Å². The molecule has 0 saturated heterocycles. The molecule has 1 aliphatic carbocycles. The Labute approximate surface area is 132 Å². The quantitative estimate of drug-likeness (QED) is 0.820. The van der Waals surface area contributed by atoms with Gasteiger partial charge >= 0.3 is 5.97 Å². The third-order valence-electron chi connectivity index (χ3n) is 3.67. The van der Waals surface area contributed by atoms with Crippen LogP contribution in [0.25, 0.3) is 5.57 Å². The van der Waals surface area contributed by atoms with Gasteiger partial charge in [0.05, 0.1) is 10.5 Å². The summed E-state index contributed by atoms with van der Waals surface area (Å²) in [7, 11) is -3.33. The van der Waals surface area contributed by atoms with Crippen LogP contribution in [-0.2, 0) is 14.6 Å². The molecule has 0 radical (unpaired) electrons. The summed E-state index contributed by atoms with van der Waals surface area (Å²) in [5.41, 5.74) is 0.760. The van der Waals surface area contributed by atoms with E-state index < -0.39 is 15.8 Å². The van der Waals surface area contributed by atoms with Crippen molar-refractivity contribution in [3.05, 3.63) is 34.3 Å². The van der Waals surface area contributed by atoms with Crippen LogP contribution in [0.3, 0.4) is 0 Å². The Morgan fingerprint density at radius 2 is 1.95 bits per heavy atom. The third kappa shape index (κ3) is 3.95. The zero-order valence-corrected chi connectivity index (χ0v) is 14.1. The van der Waals surface area contributed by atoms with Crippen LogP contribution in [0.5, 0.6) is 0 Å². The Morgan fingerprint density at radius 1 is 1.33 bits per heavy atom. The molecule has 1 saturated carbocycles. The fraction of sp³-hybridized carbons (Fsp3) is 0.400. The Balaban J connectivity index is 2.42. The van der Waals surface area contributed by atoms with Crippen molar-refractivity contribution in [1.82, 2.24) is 0 Å². The molecule has 1 aliphatic rings. The van der Waals surface area contributed by atoms with Gasteiger partial charge < -0.3 is 5.11 Å². The van der Waals surface area contributed by atoms with Crippen molar-refractivity contribution in [2.45, 2.75) is 30.6 Å². The maximum absolute atomic E-state index is 11.6. The smallest absolute Gasteiger partial charge is 0.335 e. The molecule has 0 atom stereocenters. The monoisotopic (exact) mass is 372 g/mol. The minimum atomic E-state index is -3.33. The van der Waals surface area contributed by atoms with Crippen LogP contribution in [0.15, 0.2) is 33.6 Å². The highest BCUT2D eigenvalue weighted by atomic mass is 79.9. The van der Waals surface area contributed by atoms with E-state index in [0.717, 1.165) is 31.9 Å². The zero-order valence-electron chi connectivity index (χ0n) is 11.7. The molecule has 0 bridgehead atoms. The van der Waals surface area contributed by atoms with Crippen LogP contribution in [-0.4, -0.2) is 25.7 Å². The lowest BCUT2D eigenvalue weighted by atomic mass is 9.99. The summed E-state index contributed by atoms with van der Waals surface area (Å²) >= 11 is 3.21. The molecule has 1 N–H and O–H groups in total. The molecule has 0 aliphatic heterocycles. The molecule has 0 spiro atoms. The van der Waals surface area contributed by atoms with E-state index in [-0.39, 0.29) is 10.5 Å². The number of rotatable bonds is 4. The van der Waals surface area contributed by atoms with E-state index in [1.165, 1.54) is 6.07 Å². The van der Waals surface area contributed by atoms with E-state index in [4.69, 9.17) is 0 Å². The van der Waals surface area contributed by atoms with Crippen molar-refractivity contribution in [3.63, 3.8) is 0 Å². The highest BCUT2D eigenvalue weighted by Crippen LogP contribution is 2.31. The summed E-state index contributed by atoms with van der Waals surface area (Å²) in [6.07, 6.45) is 7.21. The molecule has 2 rings (SSSR count). The molecule has 1 fully saturated rings. The van der Waals surface area contributed by atoms with Crippen molar-refractivity contribution < 1.29 is 18.3 Å². The molecule has 0 aromatic heterocycles. The molecule has 0 heterocycles. The van der Waals surface area contributed by atoms with Gasteiger partial charge in [-0.15, -0.1) is 0 Å². The standard InChI is InChI=1S/C15H17BrO4S/c1-21(19,20)14-7-6-11(9-13(14)16)12(15(17)18)8-10-4-2-3-5-10/h6-10H,2-5H2,1H3,(H,17,18)/b12-8+. The van der Waals surface area contributed by atoms with Gasteiger partial charge in [0.15, 0.2) is 9.84 Å². The number of hydrogen-bond donors (Lipinski definition) is 1. The first-order chi connectivity index (χ1) is 9.79. The predicted molar refractivity (Wildman–Crippen MR) is 84.8 cm³/mol. The number of halogens is 1. The summed E-state index contributed by atoms with van der Waals surface area (Å²) in [6.45, 7) is 0. The lowest BCUT2D eigenvalue weighted by Crippen LogP contribution is -2.04. The van der Waals surface area contributed by atoms with E-state index in [1.54, 1.807) is 18.2 Å². The largest absolute Gasteiger partial charge is 0.478 e. The number of allylic oxidation sites excluding steroid dienone is 1. The predicted octanol–water partition coefficient (Wildman–Crippen LogP) is 3.51. The number of carbonyl (C=O) groups is 1. The van der Waals surface area contributed by atoms with Crippen LogP contribution in [0.1, 0.15) is 31.2 Å². The molecular weight excluding hydrogens is 356 g/mol. The van der Waals surface area contributed by atoms with E-state index in [2.05, 4.69) is 15.9 Å². The number of hydrogen-bond acceptors (Lipinski definition) is 3. The van der Waals surface area contributed by atoms with E-state index in [9.17, 15) is 18.3 Å². The van der Waals surface area contributed by atoms with Gasteiger partial charge in [-0.2, -0.15) is 0 Å². The fourth-order valence-corrected chi connectivity index (χ4v) is 4.61. The minimum absolute atomic E-state index is 0.164. The maximum atomic E-state index is 11.6. The Kier molecular flexibility index (Phi) is 4.88. The Bertz CT molecular complexity index is 686. The van der Waals surface area contributed by atoms with E-state index in [0.29, 0.717) is 16.0 Å². The SMILES string of the molecule is CS(=O)(=O)c1ccc(/C(=C\C2CCCC2)C(=O)O)cc1Br. The topological polar surface area (TPSA) is 71.4 Å². The van der Waals surface area contributed by atoms with Crippen molar-refractivity contribution in [1.29, 1.82) is 0 Å². The van der Waals surface area contributed by atoms with Crippen LogP contribution < -0.4 is 0 Å². The molecule has 1 aromatic rings. The summed E-state index contributed by atoms with van der Waals surface area (Å²) in [5.74, 6) is -0.689. The summed E-state index contributed by atoms with van der Waals surface area (Å²) in [4.78, 5) is 11.6. The van der Waals surface area contributed by atoms with Crippen molar-refractivity contribution >= 4 is 37.3 Å². The van der Waals surface area contributed by atoms with Gasteiger partial charge in [-0.3, -0.25) is 0 Å². The second-order valence-electron chi connectivity index (χ2n) is 5.35. The third-order valence-corrected chi connectivity index (χ3v) is 5.75. The first kappa shape index (κ1) is 16.2. The van der Waals surface area contributed by atoms with Gasteiger partial charge in [0.25, 0.3) is 0 Å². The molecule has 1 aromatic carbocycles. The highest BCUT2D eigenvalue weighted by Gasteiger charge is 2.19. The van der Waals surface area contributed by atoms with Crippen molar-refractivity contribution in [2.24, 2.45) is 5.92 Å². The molecule has 6 heteroatoms. The molecule has 0 amide bonds. The highest BCUT2D eigenvalue weighted by molar-refractivity contribution is 9.10. The normalized spacial score (nSPS) is 17.1. The average molecular weight is 373 g/mol. The maximum Gasteiger partial charge on any atom is 0.335 e. The fourth-order valence-electron chi connectivity index (χ4n) is 2.62. The van der Waals surface area contributed by atoms with Gasteiger partial charge in [-0.25, -0.2) is 13.2 Å². The van der Waals surface area contributed by atoms with Gasteiger partial charge in [-0.05, 0) is 52.4 Å². The van der Waals surface area contributed by atoms with Gasteiger partial charge in [0, 0.05) is 10.7 Å². The number of sulfone groups is 1. The lowest BCUT2D eigenvalue weighted by molar-refractivity contribution is -0.130. The number of benzene rings is 1. The first-order valence-corrected chi connectivity index (χ1v) is 9.42. The van der Waals surface area contributed by atoms with Crippen molar-refractivity contribution in [2.75, 3.05) is 6.26 Å². The van der Waals surface area contributed by atoms with Crippen LogP contribution >= 0.6 is 15.9 Å². The summed E-state index contributed by atoms with van der Waals surface area (Å²) in [6, 6.07) is 4.56. The number of carboxylic acid groups (broad SMARTS) is 1. The van der Waals surface area contributed by atoms with Crippen LogP contribution in [0, 0.1) is 5.92 Å². The van der Waals surface area contributed by atoms with Gasteiger partial charge in [-0.1, -0.05) is 25.0 Å². The second kappa shape index (κ2) is 6.32. The van der Waals surface area contributed by atoms with Gasteiger partial charge in [0.2, 0.25) is 0 Å². The summed E-state index contributed by atoms with van der Waals surface area (Å²) < 4.78 is 23.6. The van der Waals surface area contributed by atoms with E-state index >= 15 is 0 Å². The van der Waals surface area contributed by atoms with Gasteiger partial charge in [0.1, 0.15) is 0 Å². The number of aliphatic carboxylic acids is 1. The molecule has 114 valence electrons. The van der Waals surface area contributed by atoms with Crippen LogP contribution in [0.2, 0.25) is 0 Å². The van der Waals surface area contributed by atoms with Crippen molar-refractivity contribution in [3.8, 4) is 0 Å². The second-order valence-corrected chi connectivity index (χ2v) is 8.19. The lowest BCUT2D eigenvalue weighted by Gasteiger charge is -2.09. The summed E-state index contributed by atoms with van der Waals surface area (Å²) in [5, 5.41) is 9.41. The average Bonchev–Trinajstić information content (AvgIpc) is 2.86. The first-order valence-electron chi connectivity index (χ1n) is 6.74. The number of carboxylic acids is 1. The zero-order chi connectivity index (χ0) is 15.6. The Morgan fingerprint density at radius 3 is 2.43 bits per heavy atom. The molecule has 0 unspecified atom stereocenters. The molecule has 21 heavy (non-hydrogen) atoms. The Hall–Kier alpha value is -1.14. The van der Waals surface area contributed by atoms with Crippen LogP contribution in [0.4, 0.5) is 0 Å².